The van der Waals surface area contributed by atoms with E-state index >= 15 is 0 Å². The third-order valence-corrected chi connectivity index (χ3v) is 5.27. The van der Waals surface area contributed by atoms with Crippen LogP contribution in [0.25, 0.3) is 33.3 Å². The zero-order valence-electron chi connectivity index (χ0n) is 19.7. The quantitative estimate of drug-likeness (QED) is 0.484. The largest absolute Gasteiger partial charge is 0.397 e. The molecular weight excluding hydrogens is 371 g/mol. The minimum atomic E-state index is -0.952. The smallest absolute Gasteiger partial charge is 0.261 e. The van der Waals surface area contributed by atoms with Crippen LogP contribution in [0.3, 0.4) is 0 Å². The fourth-order valence-electron chi connectivity index (χ4n) is 3.64. The van der Waals surface area contributed by atoms with Crippen molar-refractivity contribution in [3.63, 3.8) is 0 Å². The van der Waals surface area contributed by atoms with Gasteiger partial charge in [-0.2, -0.15) is 0 Å². The number of nitrogen functional groups attached to an aromatic ring is 1. The number of aromatic nitrogens is 3. The monoisotopic (exact) mass is 396 g/mol. The minimum absolute atomic E-state index is 0.00973. The number of likely N-dealkylation sites (N-methyl/N-ethyl adjacent to an activating group) is 1. The predicted octanol–water partition coefficient (Wildman–Crippen LogP) is 2.54. The van der Waals surface area contributed by atoms with Crippen molar-refractivity contribution >= 4 is 33.3 Å². The Balaban J connectivity index is 1.72. The molecule has 1 aliphatic rings. The Morgan fingerprint density at radius 2 is 1.97 bits per heavy atom. The lowest BCUT2D eigenvalue weighted by Gasteiger charge is -2.34. The van der Waals surface area contributed by atoms with Crippen LogP contribution in [0.5, 0.6) is 0 Å². The highest BCUT2D eigenvalue weighted by atomic mass is 19.1. The van der Waals surface area contributed by atoms with Gasteiger partial charge in [-0.15, -0.1) is 0 Å². The Kier molecular flexibility index (Phi) is 3.12. The van der Waals surface area contributed by atoms with Crippen molar-refractivity contribution in [1.29, 1.82) is 0 Å². The number of nitrogens with two attached hydrogens (primary N) is 1. The number of anilines is 2. The van der Waals surface area contributed by atoms with Crippen LogP contribution < -0.4 is 16.2 Å². The number of nitrogens with zero attached hydrogens (tertiary/aromatic N) is 3. The van der Waals surface area contributed by atoms with Crippen LogP contribution in [0, 0.1) is 5.82 Å². The maximum atomic E-state index is 14.7. The molecule has 7 nitrogen and oxygen atoms in total. The highest BCUT2D eigenvalue weighted by Crippen LogP contribution is 2.30. The van der Waals surface area contributed by atoms with Crippen molar-refractivity contribution < 1.29 is 9.87 Å². The summed E-state index contributed by atoms with van der Waals surface area (Å²) in [7, 11) is 2.03. The molecule has 29 heavy (non-hydrogen) atoms. The molecule has 1 aliphatic heterocycles. The van der Waals surface area contributed by atoms with E-state index in [1.807, 2.05) is 11.9 Å². The van der Waals surface area contributed by atoms with Crippen LogP contribution in [0.1, 0.15) is 5.48 Å². The number of pyridine rings is 1. The number of imidazole rings is 1. The van der Waals surface area contributed by atoms with E-state index in [-0.39, 0.29) is 57.1 Å². The molecule has 3 heterocycles. The predicted molar refractivity (Wildman–Crippen MR) is 114 cm³/mol. The van der Waals surface area contributed by atoms with E-state index in [1.165, 1.54) is 0 Å². The normalized spacial score (nSPS) is 17.4. The molecule has 8 heteroatoms. The summed E-state index contributed by atoms with van der Waals surface area (Å²) in [4.78, 5) is 26.8. The summed E-state index contributed by atoms with van der Waals surface area (Å²) < 4.78 is 47.5. The van der Waals surface area contributed by atoms with E-state index in [4.69, 9.17) is 11.2 Å². The summed E-state index contributed by atoms with van der Waals surface area (Å²) in [5.41, 5.74) is 6.01. The molecule has 0 bridgehead atoms. The fraction of sp³-hybridized carbons (Fsp3) is 0.238. The van der Waals surface area contributed by atoms with Gasteiger partial charge in [0, 0.05) is 31.9 Å². The number of hydrogen-bond acceptors (Lipinski definition) is 5. The molecule has 0 atom stereocenters. The summed E-state index contributed by atoms with van der Waals surface area (Å²) in [5.74, 6) is -0.962. The Morgan fingerprint density at radius 1 is 1.17 bits per heavy atom. The molecule has 1 fully saturated rings. The lowest BCUT2D eigenvalue weighted by atomic mass is 10.1. The lowest BCUT2D eigenvalue weighted by Crippen LogP contribution is -2.44. The number of nitrogens with one attached hydrogen (secondary N) is 2. The second kappa shape index (κ2) is 6.59. The van der Waals surface area contributed by atoms with Crippen LogP contribution in [0.15, 0.2) is 41.1 Å². The number of rotatable bonds is 2. The SMILES string of the molecule is [2H]c1cc([2H])c2[nH]c(=O)c(-c3nc4c([2H])cc(N5CCN(C)CC5)c([2H])c4[nH]3)c(N)c2c1F. The maximum absolute atomic E-state index is 14.7. The molecule has 2 aromatic carbocycles. The van der Waals surface area contributed by atoms with E-state index in [1.54, 1.807) is 6.07 Å². The number of benzene rings is 2. The first-order chi connectivity index (χ1) is 15.7. The molecule has 0 amide bonds. The van der Waals surface area contributed by atoms with Crippen LogP contribution in [-0.2, 0) is 0 Å². The second-order valence-electron chi connectivity index (χ2n) is 7.14. The molecule has 4 aromatic rings. The van der Waals surface area contributed by atoms with Gasteiger partial charge in [0.2, 0.25) is 0 Å². The summed E-state index contributed by atoms with van der Waals surface area (Å²) in [6, 6.07) is 2.07. The maximum Gasteiger partial charge on any atom is 0.261 e. The number of halogens is 1. The van der Waals surface area contributed by atoms with E-state index in [2.05, 4.69) is 19.9 Å². The fourth-order valence-corrected chi connectivity index (χ4v) is 3.64. The van der Waals surface area contributed by atoms with Gasteiger partial charge in [-0.25, -0.2) is 9.37 Å². The summed E-state index contributed by atoms with van der Waals surface area (Å²) in [6.07, 6.45) is 0. The van der Waals surface area contributed by atoms with Gasteiger partial charge >= 0.3 is 0 Å². The Labute approximate surface area is 171 Å². The third-order valence-electron chi connectivity index (χ3n) is 5.27. The molecule has 0 spiro atoms. The Bertz CT molecular complexity index is 1490. The molecule has 0 unspecified atom stereocenters. The topological polar surface area (TPSA) is 94.0 Å². The first kappa shape index (κ1) is 13.7. The van der Waals surface area contributed by atoms with Gasteiger partial charge < -0.3 is 25.5 Å². The van der Waals surface area contributed by atoms with E-state index in [9.17, 15) is 9.18 Å². The minimum Gasteiger partial charge on any atom is -0.397 e. The van der Waals surface area contributed by atoms with Gasteiger partial charge in [-0.05, 0) is 37.3 Å². The molecule has 1 saturated heterocycles. The summed E-state index contributed by atoms with van der Waals surface area (Å²) in [5, 5.41) is -0.238. The standard InChI is InChI=1S/C21H21FN6O/c1-27-7-9-28(10-8-27)12-5-6-14-16(11-12)25-20(24-14)18-19(23)17-13(22)3-2-4-15(17)26-21(18)29/h2-6,11H,7-10H2,1H3,(H,24,25)(H3,23,26,29)/i3D,4D,6D,11D. The molecule has 2 aromatic heterocycles. The lowest BCUT2D eigenvalue weighted by molar-refractivity contribution is 0.313. The van der Waals surface area contributed by atoms with E-state index in [0.29, 0.717) is 5.69 Å². The van der Waals surface area contributed by atoms with E-state index < -0.39 is 17.4 Å². The van der Waals surface area contributed by atoms with Gasteiger partial charge in [-0.1, -0.05) is 6.07 Å². The first-order valence-corrected chi connectivity index (χ1v) is 9.22. The van der Waals surface area contributed by atoms with Crippen LogP contribution in [0.4, 0.5) is 15.8 Å². The van der Waals surface area contributed by atoms with Gasteiger partial charge in [0.15, 0.2) is 0 Å². The molecule has 148 valence electrons. The number of piperazine rings is 1. The van der Waals surface area contributed by atoms with Gasteiger partial charge in [-0.3, -0.25) is 4.79 Å². The van der Waals surface area contributed by atoms with Crippen LogP contribution >= 0.6 is 0 Å². The molecular formula is C21H21FN6O. The second-order valence-corrected chi connectivity index (χ2v) is 7.14. The van der Waals surface area contributed by atoms with Crippen molar-refractivity contribution in [2.24, 2.45) is 0 Å². The van der Waals surface area contributed by atoms with Gasteiger partial charge in [0.1, 0.15) is 17.2 Å². The molecule has 0 radical (unpaired) electrons. The van der Waals surface area contributed by atoms with Crippen molar-refractivity contribution in [2.45, 2.75) is 0 Å². The number of hydrogen-bond donors (Lipinski definition) is 3. The van der Waals surface area contributed by atoms with E-state index in [0.717, 1.165) is 32.2 Å². The zero-order chi connectivity index (χ0) is 23.6. The first-order valence-electron chi connectivity index (χ1n) is 11.2. The summed E-state index contributed by atoms with van der Waals surface area (Å²) in [6.45, 7) is 3.11. The van der Waals surface area contributed by atoms with Gasteiger partial charge in [0.05, 0.1) is 33.1 Å². The van der Waals surface area contributed by atoms with Crippen molar-refractivity contribution in [2.75, 3.05) is 43.9 Å². The average Bonchev–Trinajstić information content (AvgIpc) is 3.21. The molecule has 5 rings (SSSR count). The number of H-pyrrole nitrogens is 2. The van der Waals surface area contributed by atoms with Crippen LogP contribution in [-0.4, -0.2) is 53.1 Å². The molecule has 4 N–H and O–H groups in total. The number of fused-ring (bicyclic) bond motifs is 2. The van der Waals surface area contributed by atoms with Crippen molar-refractivity contribution in [1.82, 2.24) is 19.9 Å². The highest BCUT2D eigenvalue weighted by Gasteiger charge is 2.19. The zero-order valence-corrected chi connectivity index (χ0v) is 15.7. The summed E-state index contributed by atoms with van der Waals surface area (Å²) >= 11 is 0. The molecule has 0 aliphatic carbocycles. The molecule has 0 saturated carbocycles. The van der Waals surface area contributed by atoms with Gasteiger partial charge in [0.25, 0.3) is 5.56 Å². The third kappa shape index (κ3) is 2.92. The van der Waals surface area contributed by atoms with Crippen LogP contribution in [0.2, 0.25) is 0 Å². The Morgan fingerprint density at radius 3 is 2.76 bits per heavy atom. The Hall–Kier alpha value is -3.39. The van der Waals surface area contributed by atoms with Crippen molar-refractivity contribution in [3.8, 4) is 11.4 Å². The van der Waals surface area contributed by atoms with Crippen molar-refractivity contribution in [3.05, 3.63) is 52.5 Å². The average molecular weight is 396 g/mol. The highest BCUT2D eigenvalue weighted by molar-refractivity contribution is 5.98. The number of aromatic amines is 2.